The SMILES string of the molecule is CCCCOC(=O)C1C=CC=CC1(F)C(=O)OCC(F)(F)F. The number of hydrogen-bond acceptors (Lipinski definition) is 4. The quantitative estimate of drug-likeness (QED) is 0.428. The Morgan fingerprint density at radius 2 is 1.91 bits per heavy atom. The molecule has 0 radical (unpaired) electrons. The van der Waals surface area contributed by atoms with Crippen LogP contribution in [-0.2, 0) is 19.1 Å². The molecular weight excluding hydrogens is 308 g/mol. The smallest absolute Gasteiger partial charge is 0.422 e. The molecule has 0 heterocycles. The molecule has 2 unspecified atom stereocenters. The molecule has 8 heteroatoms. The zero-order chi connectivity index (χ0) is 16.8. The number of allylic oxidation sites excluding steroid dienone is 2. The Bertz CT molecular complexity index is 470. The van der Waals surface area contributed by atoms with Crippen molar-refractivity contribution in [3.8, 4) is 0 Å². The number of esters is 2. The first-order valence-corrected chi connectivity index (χ1v) is 6.66. The number of alkyl halides is 4. The van der Waals surface area contributed by atoms with Crippen LogP contribution in [0.3, 0.4) is 0 Å². The predicted octanol–water partition coefficient (Wildman–Crippen LogP) is 2.89. The summed E-state index contributed by atoms with van der Waals surface area (Å²) in [6, 6.07) is 0. The van der Waals surface area contributed by atoms with Crippen molar-refractivity contribution in [2.24, 2.45) is 5.92 Å². The van der Waals surface area contributed by atoms with E-state index >= 15 is 0 Å². The van der Waals surface area contributed by atoms with Crippen LogP contribution >= 0.6 is 0 Å². The van der Waals surface area contributed by atoms with Crippen molar-refractivity contribution in [1.29, 1.82) is 0 Å². The molecule has 0 spiro atoms. The highest BCUT2D eigenvalue weighted by molar-refractivity contribution is 5.91. The second-order valence-corrected chi connectivity index (χ2v) is 4.70. The molecule has 1 aliphatic carbocycles. The maximum absolute atomic E-state index is 14.7. The lowest BCUT2D eigenvalue weighted by Crippen LogP contribution is -2.46. The van der Waals surface area contributed by atoms with Gasteiger partial charge >= 0.3 is 18.1 Å². The van der Waals surface area contributed by atoms with E-state index in [-0.39, 0.29) is 6.61 Å². The van der Waals surface area contributed by atoms with Gasteiger partial charge in [-0.25, -0.2) is 9.18 Å². The Labute approximate surface area is 124 Å². The monoisotopic (exact) mass is 324 g/mol. The van der Waals surface area contributed by atoms with E-state index in [1.54, 1.807) is 0 Å². The number of halogens is 4. The Hall–Kier alpha value is -1.86. The van der Waals surface area contributed by atoms with Crippen LogP contribution < -0.4 is 0 Å². The van der Waals surface area contributed by atoms with Gasteiger partial charge in [0.1, 0.15) is 5.92 Å². The first-order chi connectivity index (χ1) is 10.2. The van der Waals surface area contributed by atoms with Gasteiger partial charge in [-0.3, -0.25) is 4.79 Å². The van der Waals surface area contributed by atoms with Gasteiger partial charge in [-0.1, -0.05) is 31.6 Å². The number of rotatable bonds is 6. The Kier molecular flexibility index (Phi) is 6.13. The van der Waals surface area contributed by atoms with Crippen LogP contribution in [0, 0.1) is 5.92 Å². The van der Waals surface area contributed by atoms with Gasteiger partial charge in [-0.2, -0.15) is 13.2 Å². The molecule has 0 N–H and O–H groups in total. The van der Waals surface area contributed by atoms with Crippen molar-refractivity contribution in [3.63, 3.8) is 0 Å². The number of carbonyl (C=O) groups is 2. The molecule has 0 saturated heterocycles. The Morgan fingerprint density at radius 1 is 1.23 bits per heavy atom. The minimum atomic E-state index is -4.78. The van der Waals surface area contributed by atoms with E-state index in [0.29, 0.717) is 12.5 Å². The Balaban J connectivity index is 2.78. The molecule has 22 heavy (non-hydrogen) atoms. The fourth-order valence-electron chi connectivity index (χ4n) is 1.72. The number of ether oxygens (including phenoxy) is 2. The summed E-state index contributed by atoms with van der Waals surface area (Å²) < 4.78 is 59.6. The average molecular weight is 324 g/mol. The molecule has 0 aromatic heterocycles. The summed E-state index contributed by atoms with van der Waals surface area (Å²) in [6.07, 6.45) is 0.682. The van der Waals surface area contributed by atoms with Gasteiger partial charge in [0.15, 0.2) is 6.61 Å². The van der Waals surface area contributed by atoms with Crippen LogP contribution in [0.5, 0.6) is 0 Å². The van der Waals surface area contributed by atoms with Crippen LogP contribution in [0.25, 0.3) is 0 Å². The summed E-state index contributed by atoms with van der Waals surface area (Å²) >= 11 is 0. The van der Waals surface area contributed by atoms with Crippen molar-refractivity contribution in [3.05, 3.63) is 24.3 Å². The van der Waals surface area contributed by atoms with Crippen LogP contribution in [0.4, 0.5) is 17.6 Å². The van der Waals surface area contributed by atoms with Gasteiger partial charge in [0.25, 0.3) is 0 Å². The lowest BCUT2D eigenvalue weighted by molar-refractivity contribution is -0.195. The molecule has 0 saturated carbocycles. The summed E-state index contributed by atoms with van der Waals surface area (Å²) in [5, 5.41) is 0. The molecule has 0 bridgehead atoms. The van der Waals surface area contributed by atoms with E-state index in [1.165, 1.54) is 6.08 Å². The fourth-order valence-corrected chi connectivity index (χ4v) is 1.72. The van der Waals surface area contributed by atoms with Crippen LogP contribution in [0.15, 0.2) is 24.3 Å². The van der Waals surface area contributed by atoms with Crippen molar-refractivity contribution in [2.75, 3.05) is 13.2 Å². The number of carbonyl (C=O) groups excluding carboxylic acids is 2. The molecule has 0 aromatic carbocycles. The number of unbranched alkanes of at least 4 members (excludes halogenated alkanes) is 1. The van der Waals surface area contributed by atoms with Crippen LogP contribution in [0.1, 0.15) is 19.8 Å². The summed E-state index contributed by atoms with van der Waals surface area (Å²) in [5.74, 6) is -4.47. The van der Waals surface area contributed by atoms with E-state index in [4.69, 9.17) is 4.74 Å². The van der Waals surface area contributed by atoms with Crippen molar-refractivity contribution < 1.29 is 36.6 Å². The highest BCUT2D eigenvalue weighted by atomic mass is 19.4. The second-order valence-electron chi connectivity index (χ2n) is 4.70. The zero-order valence-electron chi connectivity index (χ0n) is 11.9. The summed E-state index contributed by atoms with van der Waals surface area (Å²) in [6.45, 7) is -0.0330. The fraction of sp³-hybridized carbons (Fsp3) is 0.571. The highest BCUT2D eigenvalue weighted by Crippen LogP contribution is 2.32. The largest absolute Gasteiger partial charge is 0.465 e. The highest BCUT2D eigenvalue weighted by Gasteiger charge is 2.51. The minimum Gasteiger partial charge on any atom is -0.465 e. The van der Waals surface area contributed by atoms with Gasteiger partial charge in [-0.05, 0) is 12.5 Å². The van der Waals surface area contributed by atoms with Gasteiger partial charge in [0.05, 0.1) is 6.61 Å². The molecule has 0 fully saturated rings. The standard InChI is InChI=1S/C14H16F4O4/c1-2-3-8-21-11(19)10-6-4-5-7-13(10,15)12(20)22-9-14(16,17)18/h4-7,10H,2-3,8-9H2,1H3. The van der Waals surface area contributed by atoms with Crippen LogP contribution in [0.2, 0.25) is 0 Å². The van der Waals surface area contributed by atoms with E-state index in [9.17, 15) is 27.2 Å². The zero-order valence-corrected chi connectivity index (χ0v) is 11.9. The van der Waals surface area contributed by atoms with Crippen molar-refractivity contribution >= 4 is 11.9 Å². The maximum Gasteiger partial charge on any atom is 0.422 e. The molecule has 1 rings (SSSR count). The molecule has 0 aliphatic heterocycles. The second kappa shape index (κ2) is 7.42. The molecule has 2 atom stereocenters. The molecule has 1 aliphatic rings. The van der Waals surface area contributed by atoms with Crippen molar-refractivity contribution in [2.45, 2.75) is 31.6 Å². The molecule has 0 amide bonds. The minimum absolute atomic E-state index is 0.0388. The lowest BCUT2D eigenvalue weighted by Gasteiger charge is -2.27. The summed E-state index contributed by atoms with van der Waals surface area (Å²) in [7, 11) is 0. The third-order valence-corrected chi connectivity index (χ3v) is 2.88. The third-order valence-electron chi connectivity index (χ3n) is 2.88. The topological polar surface area (TPSA) is 52.6 Å². The third kappa shape index (κ3) is 4.85. The van der Waals surface area contributed by atoms with Gasteiger partial charge in [-0.15, -0.1) is 0 Å². The van der Waals surface area contributed by atoms with Crippen LogP contribution in [-0.4, -0.2) is 37.0 Å². The predicted molar refractivity (Wildman–Crippen MR) is 68.5 cm³/mol. The first-order valence-electron chi connectivity index (χ1n) is 6.66. The average Bonchev–Trinajstić information content (AvgIpc) is 2.44. The van der Waals surface area contributed by atoms with Gasteiger partial charge < -0.3 is 9.47 Å². The van der Waals surface area contributed by atoms with E-state index < -0.39 is 36.3 Å². The summed E-state index contributed by atoms with van der Waals surface area (Å²) in [5.41, 5.74) is -3.01. The number of hydrogen-bond donors (Lipinski definition) is 0. The van der Waals surface area contributed by atoms with E-state index in [1.807, 2.05) is 6.92 Å². The molecule has 124 valence electrons. The summed E-state index contributed by atoms with van der Waals surface area (Å²) in [4.78, 5) is 23.4. The molecule has 0 aromatic rings. The van der Waals surface area contributed by atoms with Gasteiger partial charge in [0, 0.05) is 0 Å². The van der Waals surface area contributed by atoms with E-state index in [0.717, 1.165) is 18.6 Å². The normalized spacial score (nSPS) is 24.1. The lowest BCUT2D eigenvalue weighted by atomic mass is 9.85. The molecular formula is C14H16F4O4. The van der Waals surface area contributed by atoms with E-state index in [2.05, 4.69) is 4.74 Å². The Morgan fingerprint density at radius 3 is 2.50 bits per heavy atom. The maximum atomic E-state index is 14.7. The van der Waals surface area contributed by atoms with Crippen molar-refractivity contribution in [1.82, 2.24) is 0 Å². The molecule has 4 nitrogen and oxygen atoms in total. The first kappa shape index (κ1) is 18.2. The van der Waals surface area contributed by atoms with Gasteiger partial charge in [0.2, 0.25) is 5.67 Å².